The van der Waals surface area contributed by atoms with Gasteiger partial charge in [-0.1, -0.05) is 34.6 Å². The summed E-state index contributed by atoms with van der Waals surface area (Å²) in [4.78, 5) is 11.4. The largest absolute Gasteiger partial charge is 0.481 e. The van der Waals surface area contributed by atoms with Gasteiger partial charge in [0.05, 0.1) is 24.2 Å². The van der Waals surface area contributed by atoms with Gasteiger partial charge in [0, 0.05) is 0 Å². The molecule has 0 aromatic rings. The maximum atomic E-state index is 11.6. The second kappa shape index (κ2) is 7.99. The predicted molar refractivity (Wildman–Crippen MR) is 119 cm³/mol. The van der Waals surface area contributed by atoms with Crippen molar-refractivity contribution in [1.29, 1.82) is 0 Å². The van der Waals surface area contributed by atoms with E-state index in [-0.39, 0.29) is 58.4 Å². The number of hydrogen-bond acceptors (Lipinski definition) is 4. The Bertz CT molecular complexity index is 695. The summed E-state index contributed by atoms with van der Waals surface area (Å²) in [6, 6.07) is 0. The number of aliphatic carboxylic acids is 1. The number of carboxylic acid groups (broad SMARTS) is 1. The van der Waals surface area contributed by atoms with Gasteiger partial charge in [0.1, 0.15) is 0 Å². The van der Waals surface area contributed by atoms with Gasteiger partial charge in [-0.25, -0.2) is 0 Å². The molecule has 0 aromatic carbocycles. The SMILES string of the molecule is C[C@H]1[C@@H](O)[C@@H]2[C@H](C[C@H](O)[C@]3(C)[C@@H]([C@H](C)C[C@H](C)C(=O)O)CC[C@@H]23)[C@@]2(C)CC[C@@H](O)C[C@@H]12. The fourth-order valence-corrected chi connectivity index (χ4v) is 9.40. The number of aliphatic hydroxyl groups excluding tert-OH is 3. The molecule has 0 bridgehead atoms. The molecule has 0 amide bonds. The van der Waals surface area contributed by atoms with Gasteiger partial charge in [0.15, 0.2) is 0 Å². The lowest BCUT2D eigenvalue weighted by atomic mass is 9.41. The van der Waals surface area contributed by atoms with Crippen LogP contribution in [0.3, 0.4) is 0 Å². The zero-order valence-electron chi connectivity index (χ0n) is 20.0. The van der Waals surface area contributed by atoms with Crippen molar-refractivity contribution in [2.45, 2.75) is 97.9 Å². The third-order valence-corrected chi connectivity index (χ3v) is 11.1. The van der Waals surface area contributed by atoms with Crippen molar-refractivity contribution in [3.8, 4) is 0 Å². The Balaban J connectivity index is 1.64. The van der Waals surface area contributed by atoms with Gasteiger partial charge < -0.3 is 20.4 Å². The van der Waals surface area contributed by atoms with Crippen molar-refractivity contribution < 1.29 is 25.2 Å². The summed E-state index contributed by atoms with van der Waals surface area (Å²) in [7, 11) is 0. The molecular weight excluding hydrogens is 392 g/mol. The van der Waals surface area contributed by atoms with Gasteiger partial charge in [-0.15, -0.1) is 0 Å². The van der Waals surface area contributed by atoms with Crippen LogP contribution in [-0.4, -0.2) is 44.7 Å². The van der Waals surface area contributed by atoms with Crippen molar-refractivity contribution in [1.82, 2.24) is 0 Å². The second-order valence-corrected chi connectivity index (χ2v) is 12.4. The lowest BCUT2D eigenvalue weighted by molar-refractivity contribution is -0.225. The van der Waals surface area contributed by atoms with E-state index >= 15 is 0 Å². The van der Waals surface area contributed by atoms with Crippen LogP contribution in [0.1, 0.15) is 79.6 Å². The highest BCUT2D eigenvalue weighted by atomic mass is 16.4. The molecule has 0 aliphatic heterocycles. The molecule has 31 heavy (non-hydrogen) atoms. The van der Waals surface area contributed by atoms with E-state index < -0.39 is 18.2 Å². The second-order valence-electron chi connectivity index (χ2n) is 12.4. The molecule has 0 radical (unpaired) electrons. The van der Waals surface area contributed by atoms with Gasteiger partial charge in [-0.3, -0.25) is 4.79 Å². The zero-order chi connectivity index (χ0) is 22.9. The molecule has 4 saturated carbocycles. The minimum atomic E-state index is -0.745. The number of hydrogen-bond donors (Lipinski definition) is 4. The molecule has 4 fully saturated rings. The number of carbonyl (C=O) groups is 1. The minimum absolute atomic E-state index is 0.0619. The molecule has 5 heteroatoms. The predicted octanol–water partition coefficient (Wildman–Crippen LogP) is 3.94. The first-order valence-corrected chi connectivity index (χ1v) is 12.7. The van der Waals surface area contributed by atoms with Gasteiger partial charge >= 0.3 is 5.97 Å². The van der Waals surface area contributed by atoms with Crippen LogP contribution in [0.5, 0.6) is 0 Å². The van der Waals surface area contributed by atoms with Crippen LogP contribution >= 0.6 is 0 Å². The molecule has 0 aromatic heterocycles. The van der Waals surface area contributed by atoms with Crippen LogP contribution in [0.25, 0.3) is 0 Å². The molecule has 0 spiro atoms. The summed E-state index contributed by atoms with van der Waals surface area (Å²) in [5, 5.41) is 42.9. The Hall–Kier alpha value is -0.650. The summed E-state index contributed by atoms with van der Waals surface area (Å²) >= 11 is 0. The van der Waals surface area contributed by atoms with Crippen LogP contribution < -0.4 is 0 Å². The van der Waals surface area contributed by atoms with Crippen molar-refractivity contribution in [2.75, 3.05) is 0 Å². The number of carboxylic acids is 1. The first-order valence-electron chi connectivity index (χ1n) is 12.7. The first-order chi connectivity index (χ1) is 14.4. The van der Waals surface area contributed by atoms with Gasteiger partial charge in [0.25, 0.3) is 0 Å². The van der Waals surface area contributed by atoms with Crippen molar-refractivity contribution >= 4 is 5.97 Å². The smallest absolute Gasteiger partial charge is 0.306 e. The van der Waals surface area contributed by atoms with E-state index in [4.69, 9.17) is 0 Å². The highest BCUT2D eigenvalue weighted by Gasteiger charge is 2.67. The molecule has 0 saturated heterocycles. The Morgan fingerprint density at radius 1 is 1.00 bits per heavy atom. The first kappa shape index (κ1) is 23.5. The molecule has 4 rings (SSSR count). The van der Waals surface area contributed by atoms with E-state index in [1.807, 2.05) is 0 Å². The fourth-order valence-electron chi connectivity index (χ4n) is 9.40. The van der Waals surface area contributed by atoms with Crippen molar-refractivity contribution in [3.63, 3.8) is 0 Å². The fraction of sp³-hybridized carbons (Fsp3) is 0.962. The van der Waals surface area contributed by atoms with E-state index in [0.717, 1.165) is 38.5 Å². The number of aliphatic hydroxyl groups is 3. The molecule has 4 aliphatic carbocycles. The lowest BCUT2D eigenvalue weighted by Gasteiger charge is -2.65. The lowest BCUT2D eigenvalue weighted by Crippen LogP contribution is -2.64. The third kappa shape index (κ3) is 3.40. The molecule has 13 atom stereocenters. The number of fused-ring (bicyclic) bond motifs is 5. The maximum Gasteiger partial charge on any atom is 0.306 e. The zero-order valence-corrected chi connectivity index (χ0v) is 20.0. The van der Waals surface area contributed by atoms with E-state index in [1.165, 1.54) is 0 Å². The normalized spacial score (nSPS) is 53.7. The summed E-state index contributed by atoms with van der Waals surface area (Å²) in [6.07, 6.45) is 4.87. The molecule has 4 N–H and O–H groups in total. The van der Waals surface area contributed by atoms with Crippen LogP contribution in [0, 0.1) is 58.2 Å². The van der Waals surface area contributed by atoms with Crippen LogP contribution in [0.15, 0.2) is 0 Å². The monoisotopic (exact) mass is 436 g/mol. The Morgan fingerprint density at radius 3 is 2.32 bits per heavy atom. The standard InChI is InChI=1S/C26H44O5/c1-13(10-14(2)24(30)31)17-6-7-18-22-20(12-21(28)26(17,18)5)25(4)9-8-16(27)11-19(25)15(3)23(22)29/h13-23,27-29H,6-12H2,1-5H3,(H,30,31)/t13-,14+,15-,16-,17-,18+,19+,20+,21+,22+,23-,25+,26-/m1/s1. The highest BCUT2D eigenvalue weighted by Crippen LogP contribution is 2.69. The molecular formula is C26H44O5. The highest BCUT2D eigenvalue weighted by molar-refractivity contribution is 5.69. The Kier molecular flexibility index (Phi) is 6.06. The van der Waals surface area contributed by atoms with E-state index in [9.17, 15) is 25.2 Å². The molecule has 178 valence electrons. The van der Waals surface area contributed by atoms with Crippen LogP contribution in [0.2, 0.25) is 0 Å². The van der Waals surface area contributed by atoms with Crippen LogP contribution in [-0.2, 0) is 4.79 Å². The maximum absolute atomic E-state index is 11.6. The number of rotatable bonds is 4. The molecule has 4 aliphatic rings. The Labute approximate surface area is 187 Å². The third-order valence-electron chi connectivity index (χ3n) is 11.1. The summed E-state index contributed by atoms with van der Waals surface area (Å²) < 4.78 is 0. The van der Waals surface area contributed by atoms with E-state index in [2.05, 4.69) is 27.7 Å². The summed E-state index contributed by atoms with van der Waals surface area (Å²) in [5.74, 6) is 0.614. The van der Waals surface area contributed by atoms with Crippen molar-refractivity contribution in [2.24, 2.45) is 58.2 Å². The Morgan fingerprint density at radius 2 is 1.68 bits per heavy atom. The summed E-state index contributed by atoms with van der Waals surface area (Å²) in [6.45, 7) is 10.7. The van der Waals surface area contributed by atoms with Gasteiger partial charge in [-0.05, 0) is 97.2 Å². The molecule has 0 unspecified atom stereocenters. The van der Waals surface area contributed by atoms with Gasteiger partial charge in [-0.2, -0.15) is 0 Å². The summed E-state index contributed by atoms with van der Waals surface area (Å²) in [5.41, 5.74) is -0.205. The van der Waals surface area contributed by atoms with Crippen molar-refractivity contribution in [3.05, 3.63) is 0 Å². The minimum Gasteiger partial charge on any atom is -0.481 e. The topological polar surface area (TPSA) is 98.0 Å². The van der Waals surface area contributed by atoms with Gasteiger partial charge in [0.2, 0.25) is 0 Å². The van der Waals surface area contributed by atoms with Crippen LogP contribution in [0.4, 0.5) is 0 Å². The quantitative estimate of drug-likeness (QED) is 0.535. The average molecular weight is 437 g/mol. The average Bonchev–Trinajstić information content (AvgIpc) is 3.06. The molecule has 0 heterocycles. The van der Waals surface area contributed by atoms with E-state index in [0.29, 0.717) is 12.3 Å². The van der Waals surface area contributed by atoms with E-state index in [1.54, 1.807) is 6.92 Å². The molecule has 5 nitrogen and oxygen atoms in total.